The molecule has 0 bridgehead atoms. The molecule has 0 atom stereocenters. The summed E-state index contributed by atoms with van der Waals surface area (Å²) < 4.78 is 2.17. The highest BCUT2D eigenvalue weighted by molar-refractivity contribution is 5.85. The fourth-order valence-corrected chi connectivity index (χ4v) is 2.63. The van der Waals surface area contributed by atoms with Gasteiger partial charge in [-0.15, -0.1) is 12.4 Å². The van der Waals surface area contributed by atoms with Crippen molar-refractivity contribution >= 4 is 12.4 Å². The number of aliphatic hydroxyl groups excluding tert-OH is 1. The minimum Gasteiger partial charge on any atom is -0.396 e. The van der Waals surface area contributed by atoms with Crippen LogP contribution in [-0.4, -0.2) is 28.0 Å². The average molecular weight is 288 g/mol. The summed E-state index contributed by atoms with van der Waals surface area (Å²) >= 11 is 0. The number of rotatable bonds is 7. The van der Waals surface area contributed by atoms with Gasteiger partial charge >= 0.3 is 0 Å². The van der Waals surface area contributed by atoms with E-state index in [1.54, 1.807) is 0 Å². The second-order valence-electron chi connectivity index (χ2n) is 5.27. The number of hydrogen-bond donors (Lipinski definition) is 2. The van der Waals surface area contributed by atoms with E-state index in [1.807, 2.05) is 0 Å². The summed E-state index contributed by atoms with van der Waals surface area (Å²) in [5.74, 6) is 0. The number of halogens is 1. The molecule has 0 aliphatic heterocycles. The van der Waals surface area contributed by atoms with Crippen LogP contribution < -0.4 is 5.32 Å². The molecule has 0 radical (unpaired) electrons. The Morgan fingerprint density at radius 2 is 2.11 bits per heavy atom. The van der Waals surface area contributed by atoms with Gasteiger partial charge in [-0.05, 0) is 39.2 Å². The van der Waals surface area contributed by atoms with Gasteiger partial charge in [0.2, 0.25) is 0 Å². The van der Waals surface area contributed by atoms with Gasteiger partial charge in [-0.1, -0.05) is 12.8 Å². The molecule has 1 aromatic rings. The second-order valence-corrected chi connectivity index (χ2v) is 5.27. The van der Waals surface area contributed by atoms with E-state index in [1.165, 1.54) is 31.2 Å². The molecule has 2 N–H and O–H groups in total. The monoisotopic (exact) mass is 287 g/mol. The minimum atomic E-state index is 0. The predicted molar refractivity (Wildman–Crippen MR) is 79.7 cm³/mol. The molecular weight excluding hydrogens is 262 g/mol. The van der Waals surface area contributed by atoms with Crippen molar-refractivity contribution in [1.29, 1.82) is 0 Å². The topological polar surface area (TPSA) is 50.1 Å². The third-order valence-corrected chi connectivity index (χ3v) is 3.79. The minimum absolute atomic E-state index is 0. The fourth-order valence-electron chi connectivity index (χ4n) is 2.63. The summed E-state index contributed by atoms with van der Waals surface area (Å²) in [5.41, 5.74) is 2.46. The van der Waals surface area contributed by atoms with Gasteiger partial charge < -0.3 is 10.4 Å². The zero-order valence-corrected chi connectivity index (χ0v) is 12.6. The maximum absolute atomic E-state index is 8.71. The van der Waals surface area contributed by atoms with E-state index in [4.69, 9.17) is 5.11 Å². The van der Waals surface area contributed by atoms with E-state index >= 15 is 0 Å². The van der Waals surface area contributed by atoms with Crippen molar-refractivity contribution in [2.75, 3.05) is 13.2 Å². The quantitative estimate of drug-likeness (QED) is 0.758. The summed E-state index contributed by atoms with van der Waals surface area (Å²) in [7, 11) is 0. The summed E-state index contributed by atoms with van der Waals surface area (Å²) in [6.07, 6.45) is 9.38. The Hall–Kier alpha value is -0.580. The molecule has 1 fully saturated rings. The van der Waals surface area contributed by atoms with Crippen molar-refractivity contribution in [2.45, 2.75) is 58.0 Å². The molecule has 0 spiro atoms. The molecule has 1 heterocycles. The molecule has 1 saturated carbocycles. The predicted octanol–water partition coefficient (Wildman–Crippen LogP) is 2.59. The lowest BCUT2D eigenvalue weighted by Crippen LogP contribution is -2.15. The van der Waals surface area contributed by atoms with E-state index in [9.17, 15) is 0 Å². The highest BCUT2D eigenvalue weighted by Crippen LogP contribution is 2.29. The molecule has 5 heteroatoms. The normalized spacial score (nSPS) is 15.7. The van der Waals surface area contributed by atoms with Crippen LogP contribution in [0.5, 0.6) is 0 Å². The maximum atomic E-state index is 8.71. The Bertz CT molecular complexity index is 362. The highest BCUT2D eigenvalue weighted by Gasteiger charge is 2.18. The molecule has 0 aromatic carbocycles. The van der Waals surface area contributed by atoms with Crippen LogP contribution in [0.4, 0.5) is 0 Å². The summed E-state index contributed by atoms with van der Waals surface area (Å²) in [6.45, 7) is 4.25. The highest BCUT2D eigenvalue weighted by atomic mass is 35.5. The first-order valence-electron chi connectivity index (χ1n) is 7.17. The third kappa shape index (κ3) is 4.79. The lowest BCUT2D eigenvalue weighted by Gasteiger charge is -2.08. The van der Waals surface area contributed by atoms with Gasteiger partial charge in [-0.3, -0.25) is 4.68 Å². The number of aromatic nitrogens is 2. The van der Waals surface area contributed by atoms with E-state index in [0.29, 0.717) is 12.6 Å². The molecule has 1 aliphatic rings. The zero-order valence-electron chi connectivity index (χ0n) is 11.8. The van der Waals surface area contributed by atoms with Crippen molar-refractivity contribution in [1.82, 2.24) is 15.1 Å². The van der Waals surface area contributed by atoms with Crippen molar-refractivity contribution in [3.05, 3.63) is 17.5 Å². The van der Waals surface area contributed by atoms with Crippen LogP contribution in [0.2, 0.25) is 0 Å². The first-order valence-corrected chi connectivity index (χ1v) is 7.17. The molecule has 1 aliphatic carbocycles. The smallest absolute Gasteiger partial charge is 0.0638 e. The Balaban J connectivity index is 0.00000180. The molecule has 110 valence electrons. The van der Waals surface area contributed by atoms with Gasteiger partial charge in [-0.2, -0.15) is 5.10 Å². The number of nitrogens with one attached hydrogen (secondary N) is 1. The van der Waals surface area contributed by atoms with Crippen LogP contribution in [0.3, 0.4) is 0 Å². The summed E-state index contributed by atoms with van der Waals surface area (Å²) in [5, 5.41) is 16.8. The first kappa shape index (κ1) is 16.5. The van der Waals surface area contributed by atoms with Crippen molar-refractivity contribution < 1.29 is 5.11 Å². The third-order valence-electron chi connectivity index (χ3n) is 3.79. The lowest BCUT2D eigenvalue weighted by molar-refractivity contribution is 0.283. The fraction of sp³-hybridized carbons (Fsp3) is 0.786. The zero-order chi connectivity index (χ0) is 12.8. The second kappa shape index (κ2) is 8.56. The number of hydrogen-bond acceptors (Lipinski definition) is 3. The Morgan fingerprint density at radius 1 is 1.37 bits per heavy atom. The van der Waals surface area contributed by atoms with E-state index in [2.05, 4.69) is 28.2 Å². The van der Waals surface area contributed by atoms with Gasteiger partial charge in [0.1, 0.15) is 0 Å². The molecule has 0 amide bonds. The molecule has 4 nitrogen and oxygen atoms in total. The van der Waals surface area contributed by atoms with Crippen LogP contribution in [0.1, 0.15) is 55.8 Å². The standard InChI is InChI=1S/C14H25N3O.ClH/c1-12-13(10-15-8-4-5-9-18)11-17(16-12)14-6-2-3-7-14;/h11,14-15,18H,2-10H2,1H3;1H. The van der Waals surface area contributed by atoms with Crippen LogP contribution in [0, 0.1) is 6.92 Å². The SMILES string of the molecule is Cc1nn(C2CCCC2)cc1CNCCCCO.Cl. The lowest BCUT2D eigenvalue weighted by atomic mass is 10.2. The number of unbranched alkanes of at least 4 members (excludes halogenated alkanes) is 1. The van der Waals surface area contributed by atoms with E-state index < -0.39 is 0 Å². The number of aliphatic hydroxyl groups is 1. The van der Waals surface area contributed by atoms with Crippen molar-refractivity contribution in [3.63, 3.8) is 0 Å². The van der Waals surface area contributed by atoms with E-state index in [0.717, 1.165) is 31.6 Å². The summed E-state index contributed by atoms with van der Waals surface area (Å²) in [6, 6.07) is 0.631. The van der Waals surface area contributed by atoms with Gasteiger partial charge in [0.25, 0.3) is 0 Å². The van der Waals surface area contributed by atoms with Crippen LogP contribution in [-0.2, 0) is 6.54 Å². The largest absolute Gasteiger partial charge is 0.396 e. The van der Waals surface area contributed by atoms with Crippen molar-refractivity contribution in [2.24, 2.45) is 0 Å². The molecule has 0 unspecified atom stereocenters. The average Bonchev–Trinajstić information content (AvgIpc) is 2.99. The Kier molecular flexibility index (Phi) is 7.42. The molecule has 0 saturated heterocycles. The maximum Gasteiger partial charge on any atom is 0.0638 e. The van der Waals surface area contributed by atoms with Crippen LogP contribution in [0.25, 0.3) is 0 Å². The molecule has 2 rings (SSSR count). The van der Waals surface area contributed by atoms with Gasteiger partial charge in [0.15, 0.2) is 0 Å². The van der Waals surface area contributed by atoms with E-state index in [-0.39, 0.29) is 12.4 Å². The van der Waals surface area contributed by atoms with Crippen LogP contribution >= 0.6 is 12.4 Å². The Labute approximate surface area is 122 Å². The van der Waals surface area contributed by atoms with Crippen LogP contribution in [0.15, 0.2) is 6.20 Å². The Morgan fingerprint density at radius 3 is 2.79 bits per heavy atom. The summed E-state index contributed by atoms with van der Waals surface area (Å²) in [4.78, 5) is 0. The van der Waals surface area contributed by atoms with Gasteiger partial charge in [-0.25, -0.2) is 0 Å². The molecular formula is C14H26ClN3O. The first-order chi connectivity index (χ1) is 8.81. The van der Waals surface area contributed by atoms with Gasteiger partial charge in [0, 0.05) is 24.9 Å². The van der Waals surface area contributed by atoms with Gasteiger partial charge in [0.05, 0.1) is 11.7 Å². The number of aryl methyl sites for hydroxylation is 1. The van der Waals surface area contributed by atoms with Crippen molar-refractivity contribution in [3.8, 4) is 0 Å². The molecule has 19 heavy (non-hydrogen) atoms. The molecule has 1 aromatic heterocycles. The number of nitrogens with zero attached hydrogens (tertiary/aromatic N) is 2.